The molecule has 1 unspecified atom stereocenters. The van der Waals surface area contributed by atoms with Gasteiger partial charge < -0.3 is 14.7 Å². The third-order valence-corrected chi connectivity index (χ3v) is 7.54. The first-order valence-corrected chi connectivity index (χ1v) is 14.5. The summed E-state index contributed by atoms with van der Waals surface area (Å²) in [5.41, 5.74) is 2.58. The molecule has 0 aliphatic rings. The molecule has 0 fully saturated rings. The highest BCUT2D eigenvalue weighted by molar-refractivity contribution is 7.09. The van der Waals surface area contributed by atoms with Crippen LogP contribution in [-0.2, 0) is 16.0 Å². The average molecular weight is 644 g/mol. The second-order valence-corrected chi connectivity index (χ2v) is 10.7. The van der Waals surface area contributed by atoms with Gasteiger partial charge in [0.2, 0.25) is 17.8 Å². The normalized spacial score (nSPS) is 11.6. The number of carbonyl (C=O) groups excluding carboxylic acids is 2. The summed E-state index contributed by atoms with van der Waals surface area (Å²) >= 11 is 1.44. The molecule has 46 heavy (non-hydrogen) atoms. The van der Waals surface area contributed by atoms with Gasteiger partial charge in [0.25, 0.3) is 5.91 Å². The van der Waals surface area contributed by atoms with Crippen molar-refractivity contribution >= 4 is 35.0 Å². The van der Waals surface area contributed by atoms with E-state index in [0.717, 1.165) is 22.7 Å². The van der Waals surface area contributed by atoms with Crippen LogP contribution >= 0.6 is 11.3 Å². The Balaban J connectivity index is 1.01. The zero-order chi connectivity index (χ0) is 32.0. The van der Waals surface area contributed by atoms with Crippen molar-refractivity contribution in [3.8, 4) is 28.8 Å². The Morgan fingerprint density at radius 2 is 1.65 bits per heavy atom. The lowest BCUT2D eigenvalue weighted by Crippen LogP contribution is -2.21. The summed E-state index contributed by atoms with van der Waals surface area (Å²) in [6, 6.07) is 11.8. The Morgan fingerprint density at radius 3 is 2.33 bits per heavy atom. The third-order valence-electron chi connectivity index (χ3n) is 6.46. The van der Waals surface area contributed by atoms with E-state index >= 15 is 0 Å². The molecule has 5 aromatic heterocycles. The van der Waals surface area contributed by atoms with Gasteiger partial charge in [0.15, 0.2) is 29.8 Å². The Labute approximate surface area is 262 Å². The number of hydrogen-bond donors (Lipinski definition) is 4. The lowest BCUT2D eigenvalue weighted by Gasteiger charge is -2.08. The van der Waals surface area contributed by atoms with Gasteiger partial charge in [-0.25, -0.2) is 13.8 Å². The summed E-state index contributed by atoms with van der Waals surface area (Å²) < 4.78 is 31.8. The lowest BCUT2D eigenvalue weighted by atomic mass is 10.0. The van der Waals surface area contributed by atoms with Crippen LogP contribution in [0, 0.1) is 11.6 Å². The van der Waals surface area contributed by atoms with Crippen molar-refractivity contribution in [3.05, 3.63) is 94.2 Å². The number of aromatic amines is 2. The van der Waals surface area contributed by atoms with E-state index in [-0.39, 0.29) is 35.9 Å². The maximum atomic E-state index is 13.7. The van der Waals surface area contributed by atoms with E-state index in [2.05, 4.69) is 55.9 Å². The van der Waals surface area contributed by atoms with Crippen molar-refractivity contribution in [1.29, 1.82) is 0 Å². The van der Waals surface area contributed by atoms with Gasteiger partial charge >= 0.3 is 0 Å². The largest absolute Gasteiger partial charge is 0.481 e. The Kier molecular flexibility index (Phi) is 8.73. The highest BCUT2D eigenvalue weighted by Crippen LogP contribution is 2.28. The van der Waals surface area contributed by atoms with Crippen LogP contribution in [0.1, 0.15) is 29.1 Å². The zero-order valence-electron chi connectivity index (χ0n) is 23.9. The van der Waals surface area contributed by atoms with Crippen LogP contribution in [0.25, 0.3) is 23.0 Å². The van der Waals surface area contributed by atoms with Crippen molar-refractivity contribution in [2.75, 3.05) is 17.2 Å². The number of thiazole rings is 1. The van der Waals surface area contributed by atoms with Crippen LogP contribution in [-0.4, -0.2) is 63.7 Å². The number of aromatic nitrogens is 9. The van der Waals surface area contributed by atoms with Gasteiger partial charge in [-0.15, -0.1) is 31.7 Å². The van der Waals surface area contributed by atoms with Gasteiger partial charge in [0.05, 0.1) is 12.1 Å². The molecule has 2 amide bonds. The quantitative estimate of drug-likeness (QED) is 0.160. The first-order valence-electron chi connectivity index (χ1n) is 13.7. The Hall–Kier alpha value is -5.97. The van der Waals surface area contributed by atoms with Gasteiger partial charge in [-0.2, -0.15) is 0 Å². The van der Waals surface area contributed by atoms with E-state index in [1.165, 1.54) is 11.3 Å². The van der Waals surface area contributed by atoms with Crippen LogP contribution in [0.5, 0.6) is 5.75 Å². The molecule has 0 saturated carbocycles. The average Bonchev–Trinajstić information content (AvgIpc) is 3.83. The fourth-order valence-electron chi connectivity index (χ4n) is 4.16. The van der Waals surface area contributed by atoms with Crippen LogP contribution in [0.15, 0.2) is 66.3 Å². The number of anilines is 2. The number of pyridine rings is 2. The number of benzene rings is 1. The topological polar surface area (TPSA) is 189 Å². The molecule has 6 aromatic rings. The molecule has 0 aliphatic heterocycles. The van der Waals surface area contributed by atoms with Gasteiger partial charge in [-0.1, -0.05) is 19.1 Å². The summed E-state index contributed by atoms with van der Waals surface area (Å²) in [7, 11) is 0. The number of halogens is 2. The second kappa shape index (κ2) is 13.3. The van der Waals surface area contributed by atoms with Crippen LogP contribution in [0.2, 0.25) is 0 Å². The highest BCUT2D eigenvalue weighted by atomic mass is 32.1. The standard InChI is InChI=1S/C29H23F2N11O3S/c1-15(27-34-18(14-46-27)11-23(43)35-28-37-25(39-41-28)20-4-2-3-9-32-20)16-5-7-21(33-12-16)26-38-29(42-40-26)36-24(44)13-45-22-8-6-17(30)10-19(22)31/h2-10,12,14-15H,11,13H2,1H3,(H2,35,37,39,41,43)(H2,36,38,40,42,44). The zero-order valence-corrected chi connectivity index (χ0v) is 24.7. The summed E-state index contributed by atoms with van der Waals surface area (Å²) in [5, 5.41) is 23.6. The van der Waals surface area contributed by atoms with Crippen molar-refractivity contribution in [3.63, 3.8) is 0 Å². The number of rotatable bonds is 11. The Bertz CT molecular complexity index is 1980. The molecule has 0 radical (unpaired) electrons. The minimum atomic E-state index is -0.920. The third kappa shape index (κ3) is 7.21. The number of nitrogens with one attached hydrogen (secondary N) is 4. The fourth-order valence-corrected chi connectivity index (χ4v) is 5.06. The number of nitrogens with zero attached hydrogens (tertiary/aromatic N) is 7. The van der Waals surface area contributed by atoms with Crippen molar-refractivity contribution in [1.82, 2.24) is 45.3 Å². The van der Waals surface area contributed by atoms with Crippen molar-refractivity contribution in [2.24, 2.45) is 0 Å². The first-order chi connectivity index (χ1) is 22.3. The molecule has 4 N–H and O–H groups in total. The maximum absolute atomic E-state index is 13.7. The van der Waals surface area contributed by atoms with Crippen LogP contribution in [0.3, 0.4) is 0 Å². The molecule has 6 rings (SSSR count). The minimum absolute atomic E-state index is 0.0405. The molecule has 14 nitrogen and oxygen atoms in total. The number of H-pyrrole nitrogens is 2. The molecule has 17 heteroatoms. The van der Waals surface area contributed by atoms with Crippen LogP contribution < -0.4 is 15.4 Å². The van der Waals surface area contributed by atoms with E-state index < -0.39 is 24.1 Å². The van der Waals surface area contributed by atoms with E-state index in [4.69, 9.17) is 4.74 Å². The number of amides is 2. The van der Waals surface area contributed by atoms with Crippen molar-refractivity contribution < 1.29 is 23.1 Å². The monoisotopic (exact) mass is 643 g/mol. The van der Waals surface area contributed by atoms with Gasteiger partial charge in [-0.05, 0) is 35.9 Å². The molecule has 0 saturated heterocycles. The molecule has 1 aromatic carbocycles. The Morgan fingerprint density at radius 1 is 0.913 bits per heavy atom. The van der Waals surface area contributed by atoms with Gasteiger partial charge in [0.1, 0.15) is 22.2 Å². The number of carbonyl (C=O) groups is 2. The predicted molar refractivity (Wildman–Crippen MR) is 162 cm³/mol. The van der Waals surface area contributed by atoms with E-state index in [1.807, 2.05) is 24.4 Å². The smallest absolute Gasteiger partial charge is 0.264 e. The number of ether oxygens (including phenoxy) is 1. The molecule has 0 bridgehead atoms. The second-order valence-electron chi connectivity index (χ2n) is 9.77. The molecular formula is C29H23F2N11O3S. The lowest BCUT2D eigenvalue weighted by molar-refractivity contribution is -0.118. The highest BCUT2D eigenvalue weighted by Gasteiger charge is 2.17. The minimum Gasteiger partial charge on any atom is -0.481 e. The van der Waals surface area contributed by atoms with Gasteiger partial charge in [-0.3, -0.25) is 30.2 Å². The summed E-state index contributed by atoms with van der Waals surface area (Å²) in [5.74, 6) is -1.95. The molecule has 1 atom stereocenters. The fraction of sp³-hybridized carbons (Fsp3) is 0.138. The maximum Gasteiger partial charge on any atom is 0.264 e. The van der Waals surface area contributed by atoms with E-state index in [1.54, 1.807) is 30.6 Å². The molecular weight excluding hydrogens is 620 g/mol. The van der Waals surface area contributed by atoms with Crippen molar-refractivity contribution in [2.45, 2.75) is 19.3 Å². The summed E-state index contributed by atoms with van der Waals surface area (Å²) in [6.07, 6.45) is 3.38. The molecule has 5 heterocycles. The summed E-state index contributed by atoms with van der Waals surface area (Å²) in [4.78, 5) is 43.9. The van der Waals surface area contributed by atoms with Gasteiger partial charge in [0, 0.05) is 29.8 Å². The summed E-state index contributed by atoms with van der Waals surface area (Å²) in [6.45, 7) is 1.45. The number of hydrogen-bond acceptors (Lipinski definition) is 11. The molecule has 0 aliphatic carbocycles. The molecule has 0 spiro atoms. The molecule has 232 valence electrons. The van der Waals surface area contributed by atoms with Crippen LogP contribution in [0.4, 0.5) is 20.7 Å². The SMILES string of the molecule is CC(c1ccc(-c2nnc(NC(=O)COc3ccc(F)cc3F)[nH]2)nc1)c1nc(CC(=O)Nc2nnc(-c3ccccn3)[nH]2)cs1. The van der Waals surface area contributed by atoms with E-state index in [9.17, 15) is 18.4 Å². The van der Waals surface area contributed by atoms with E-state index in [0.29, 0.717) is 34.8 Å². The predicted octanol–water partition coefficient (Wildman–Crippen LogP) is 4.13. The first kappa shape index (κ1) is 30.1.